The van der Waals surface area contributed by atoms with Crippen molar-refractivity contribution in [3.63, 3.8) is 0 Å². The molecule has 2 aromatic carbocycles. The van der Waals surface area contributed by atoms with E-state index in [1.807, 2.05) is 24.3 Å². The summed E-state index contributed by atoms with van der Waals surface area (Å²) < 4.78 is 14.4. The Morgan fingerprint density at radius 3 is 2.92 bits per heavy atom. The van der Waals surface area contributed by atoms with Crippen LogP contribution in [-0.4, -0.2) is 29.8 Å². The summed E-state index contributed by atoms with van der Waals surface area (Å²) in [4.78, 5) is 23.9. The van der Waals surface area contributed by atoms with Gasteiger partial charge in [0.25, 0.3) is 5.91 Å². The van der Waals surface area contributed by atoms with Gasteiger partial charge < -0.3 is 4.84 Å². The molecule has 1 atom stereocenters. The zero-order valence-corrected chi connectivity index (χ0v) is 14.2. The predicted molar refractivity (Wildman–Crippen MR) is 95.5 cm³/mol. The molecule has 4 rings (SSSR count). The maximum absolute atomic E-state index is 13.3. The van der Waals surface area contributed by atoms with Crippen molar-refractivity contribution in [2.24, 2.45) is 5.16 Å². The number of anilines is 1. The summed E-state index contributed by atoms with van der Waals surface area (Å²) in [6.45, 7) is 0. The maximum atomic E-state index is 13.3. The van der Waals surface area contributed by atoms with Crippen LogP contribution in [0.5, 0.6) is 0 Å². The second kappa shape index (κ2) is 6.25. The Hall–Kier alpha value is -2.80. The van der Waals surface area contributed by atoms with Crippen molar-refractivity contribution < 1.29 is 14.0 Å². The summed E-state index contributed by atoms with van der Waals surface area (Å²) in [5.41, 5.74) is 2.04. The number of carbonyl (C=O) groups is 1. The summed E-state index contributed by atoms with van der Waals surface area (Å²) >= 11 is 1.44. The number of likely N-dealkylation sites (N-methyl/N-ethyl adjacent to an activating group) is 1. The average Bonchev–Trinajstić information content (AvgIpc) is 3.27. The van der Waals surface area contributed by atoms with Gasteiger partial charge in [0.1, 0.15) is 5.82 Å². The van der Waals surface area contributed by atoms with Crippen molar-refractivity contribution in [1.29, 1.82) is 0 Å². The summed E-state index contributed by atoms with van der Waals surface area (Å²) in [6.07, 6.45) is -0.423. The van der Waals surface area contributed by atoms with Crippen LogP contribution in [0.15, 0.2) is 53.7 Å². The first-order valence-corrected chi connectivity index (χ1v) is 8.55. The number of aromatic nitrogens is 1. The lowest BCUT2D eigenvalue weighted by molar-refractivity contribution is -0.128. The number of carbonyl (C=O) groups excluding carboxylic acids is 1. The highest BCUT2D eigenvalue weighted by molar-refractivity contribution is 7.22. The molecule has 0 bridgehead atoms. The van der Waals surface area contributed by atoms with E-state index in [2.05, 4.69) is 10.1 Å². The number of oxime groups is 1. The van der Waals surface area contributed by atoms with Crippen LogP contribution in [0, 0.1) is 5.82 Å². The highest BCUT2D eigenvalue weighted by Crippen LogP contribution is 2.29. The first-order chi connectivity index (χ1) is 12.1. The molecule has 0 N–H and O–H groups in total. The number of nitrogens with zero attached hydrogens (tertiary/aromatic N) is 3. The molecular weight excluding hydrogens is 341 g/mol. The third-order valence-corrected chi connectivity index (χ3v) is 5.12. The first kappa shape index (κ1) is 15.7. The van der Waals surface area contributed by atoms with Gasteiger partial charge in [-0.2, -0.15) is 0 Å². The number of thiazole rings is 1. The molecule has 1 aliphatic rings. The van der Waals surface area contributed by atoms with Gasteiger partial charge in [0.15, 0.2) is 5.13 Å². The SMILES string of the molecule is CN(C(=O)C1CC(c2cccc(F)c2)=NO1)c1nc2ccccc2s1. The lowest BCUT2D eigenvalue weighted by Crippen LogP contribution is -2.36. The van der Waals surface area contributed by atoms with Crippen LogP contribution < -0.4 is 4.90 Å². The van der Waals surface area contributed by atoms with E-state index in [1.165, 1.54) is 28.4 Å². The van der Waals surface area contributed by atoms with Gasteiger partial charge in [-0.05, 0) is 24.3 Å². The smallest absolute Gasteiger partial charge is 0.272 e. The number of halogens is 1. The molecule has 0 spiro atoms. The molecule has 1 aromatic heterocycles. The number of hydrogen-bond donors (Lipinski definition) is 0. The monoisotopic (exact) mass is 355 g/mol. The van der Waals surface area contributed by atoms with Gasteiger partial charge in [-0.15, -0.1) is 0 Å². The molecule has 1 unspecified atom stereocenters. The molecule has 0 fully saturated rings. The van der Waals surface area contributed by atoms with Crippen LogP contribution in [0.4, 0.5) is 9.52 Å². The number of para-hydroxylation sites is 1. The minimum Gasteiger partial charge on any atom is -0.382 e. The van der Waals surface area contributed by atoms with Crippen molar-refractivity contribution >= 4 is 38.3 Å². The average molecular weight is 355 g/mol. The van der Waals surface area contributed by atoms with Gasteiger partial charge in [0.05, 0.1) is 15.9 Å². The van der Waals surface area contributed by atoms with E-state index >= 15 is 0 Å². The predicted octanol–water partition coefficient (Wildman–Crippen LogP) is 3.59. The Bertz CT molecular complexity index is 952. The van der Waals surface area contributed by atoms with Crippen LogP contribution in [0.2, 0.25) is 0 Å². The summed E-state index contributed by atoms with van der Waals surface area (Å²) in [5, 5.41) is 4.56. The first-order valence-electron chi connectivity index (χ1n) is 7.73. The van der Waals surface area contributed by atoms with Crippen molar-refractivity contribution in [2.45, 2.75) is 12.5 Å². The van der Waals surface area contributed by atoms with Gasteiger partial charge in [0.2, 0.25) is 6.10 Å². The lowest BCUT2D eigenvalue weighted by atomic mass is 10.0. The van der Waals surface area contributed by atoms with Crippen molar-refractivity contribution in [3.8, 4) is 0 Å². The number of hydrogen-bond acceptors (Lipinski definition) is 5. The maximum Gasteiger partial charge on any atom is 0.272 e. The van der Waals surface area contributed by atoms with E-state index in [0.29, 0.717) is 22.8 Å². The Morgan fingerprint density at radius 2 is 2.12 bits per heavy atom. The molecule has 0 saturated carbocycles. The lowest BCUT2D eigenvalue weighted by Gasteiger charge is -2.16. The number of amides is 1. The molecule has 5 nitrogen and oxygen atoms in total. The van der Waals surface area contributed by atoms with Crippen LogP contribution in [-0.2, 0) is 9.63 Å². The van der Waals surface area contributed by atoms with Crippen LogP contribution in [0.1, 0.15) is 12.0 Å². The highest BCUT2D eigenvalue weighted by atomic mass is 32.1. The minimum absolute atomic E-state index is 0.228. The van der Waals surface area contributed by atoms with Crippen molar-refractivity contribution in [3.05, 3.63) is 59.9 Å². The Kier molecular flexibility index (Phi) is 3.93. The number of fused-ring (bicyclic) bond motifs is 1. The molecule has 0 saturated heterocycles. The van der Waals surface area contributed by atoms with E-state index in [4.69, 9.17) is 4.84 Å². The fourth-order valence-electron chi connectivity index (χ4n) is 2.66. The largest absolute Gasteiger partial charge is 0.382 e. The quantitative estimate of drug-likeness (QED) is 0.721. The van der Waals surface area contributed by atoms with Gasteiger partial charge >= 0.3 is 0 Å². The molecule has 1 amide bonds. The molecule has 0 radical (unpaired) electrons. The minimum atomic E-state index is -0.727. The normalized spacial score (nSPS) is 16.6. The van der Waals surface area contributed by atoms with Crippen LogP contribution in [0.3, 0.4) is 0 Å². The second-order valence-electron chi connectivity index (χ2n) is 5.71. The van der Waals surface area contributed by atoms with Gasteiger partial charge in [-0.1, -0.05) is 40.8 Å². The van der Waals surface area contributed by atoms with Gasteiger partial charge in [-0.3, -0.25) is 9.69 Å². The molecular formula is C18H14FN3O2S. The molecule has 25 heavy (non-hydrogen) atoms. The number of benzene rings is 2. The number of rotatable bonds is 3. The third-order valence-electron chi connectivity index (χ3n) is 4.00. The molecule has 126 valence electrons. The van der Waals surface area contributed by atoms with Crippen molar-refractivity contribution in [2.75, 3.05) is 11.9 Å². The van der Waals surface area contributed by atoms with E-state index in [9.17, 15) is 9.18 Å². The summed E-state index contributed by atoms with van der Waals surface area (Å²) in [7, 11) is 1.67. The van der Waals surface area contributed by atoms with E-state index < -0.39 is 6.10 Å². The third kappa shape index (κ3) is 2.98. The van der Waals surface area contributed by atoms with Crippen LogP contribution in [0.25, 0.3) is 10.2 Å². The zero-order chi connectivity index (χ0) is 17.4. The summed E-state index contributed by atoms with van der Waals surface area (Å²) in [5.74, 6) is -0.573. The Morgan fingerprint density at radius 1 is 1.28 bits per heavy atom. The second-order valence-corrected chi connectivity index (χ2v) is 6.72. The summed E-state index contributed by atoms with van der Waals surface area (Å²) in [6, 6.07) is 13.8. The molecule has 2 heterocycles. The fraction of sp³-hybridized carbons (Fsp3) is 0.167. The standard InChI is InChI=1S/C18H14FN3O2S/c1-22(18-20-13-7-2-3-8-16(13)25-18)17(23)15-10-14(21-24-15)11-5-4-6-12(19)9-11/h2-9,15H,10H2,1H3. The Balaban J connectivity index is 1.50. The van der Waals surface area contributed by atoms with Crippen molar-refractivity contribution in [1.82, 2.24) is 4.98 Å². The van der Waals surface area contributed by atoms with E-state index in [-0.39, 0.29) is 11.7 Å². The molecule has 3 aromatic rings. The van der Waals surface area contributed by atoms with E-state index in [0.717, 1.165) is 10.2 Å². The van der Waals surface area contributed by atoms with E-state index in [1.54, 1.807) is 19.2 Å². The Labute approximate surface area is 147 Å². The molecule has 0 aliphatic carbocycles. The topological polar surface area (TPSA) is 54.8 Å². The van der Waals surface area contributed by atoms with Gasteiger partial charge in [0, 0.05) is 19.0 Å². The highest BCUT2D eigenvalue weighted by Gasteiger charge is 2.32. The van der Waals surface area contributed by atoms with Gasteiger partial charge in [-0.25, -0.2) is 9.37 Å². The zero-order valence-electron chi connectivity index (χ0n) is 13.3. The fourth-order valence-corrected chi connectivity index (χ4v) is 3.59. The molecule has 7 heteroatoms. The van der Waals surface area contributed by atoms with Crippen LogP contribution >= 0.6 is 11.3 Å². The molecule has 1 aliphatic heterocycles.